The van der Waals surface area contributed by atoms with Gasteiger partial charge in [-0.05, 0) is 30.2 Å². The van der Waals surface area contributed by atoms with Crippen LogP contribution in [0.25, 0.3) is 16.8 Å². The van der Waals surface area contributed by atoms with Gasteiger partial charge in [0.15, 0.2) is 17.1 Å². The van der Waals surface area contributed by atoms with Gasteiger partial charge in [0, 0.05) is 18.3 Å². The number of rotatable bonds is 7. The molecule has 9 heteroatoms. The lowest BCUT2D eigenvalue weighted by Crippen LogP contribution is -2.30. The first-order chi connectivity index (χ1) is 15.4. The van der Waals surface area contributed by atoms with Gasteiger partial charge in [-0.2, -0.15) is 0 Å². The Labute approximate surface area is 194 Å². The van der Waals surface area contributed by atoms with Gasteiger partial charge in [0.05, 0.1) is 23.7 Å². The number of hydrogen-bond donors (Lipinski definition) is 1. The van der Waals surface area contributed by atoms with E-state index < -0.39 is 6.10 Å². The molecule has 0 bridgehead atoms. The number of aliphatic hydroxyl groups is 1. The number of ether oxygens (including phenoxy) is 2. The second-order valence-corrected chi connectivity index (χ2v) is 8.17. The van der Waals surface area contributed by atoms with Crippen molar-refractivity contribution in [3.63, 3.8) is 0 Å². The van der Waals surface area contributed by atoms with E-state index >= 15 is 0 Å². The average Bonchev–Trinajstić information content (AvgIpc) is 3.09. The van der Waals surface area contributed by atoms with Crippen LogP contribution in [-0.4, -0.2) is 39.1 Å². The molecule has 4 rings (SSSR count). The zero-order chi connectivity index (χ0) is 22.8. The normalized spacial score (nSPS) is 12.2. The minimum atomic E-state index is -0.992. The minimum Gasteiger partial charge on any atom is -0.493 e. The van der Waals surface area contributed by atoms with E-state index in [1.807, 2.05) is 37.3 Å². The van der Waals surface area contributed by atoms with E-state index in [9.17, 15) is 9.90 Å². The fraction of sp³-hybridized carbons (Fsp3) is 0.217. The topological polar surface area (TPSA) is 78.0 Å². The SMILES string of the molecule is COc1cc(Cl)c(Cl)cc1OCC(O)Cn1nc2ccc(-c3ccc(C)cc3)cn2c1=O. The van der Waals surface area contributed by atoms with Gasteiger partial charge in [-0.1, -0.05) is 53.0 Å². The maximum absolute atomic E-state index is 12.8. The average molecular weight is 474 g/mol. The number of pyridine rings is 1. The largest absolute Gasteiger partial charge is 0.493 e. The first kappa shape index (κ1) is 22.2. The summed E-state index contributed by atoms with van der Waals surface area (Å²) in [5.74, 6) is 0.728. The molecule has 0 spiro atoms. The molecule has 7 nitrogen and oxygen atoms in total. The lowest BCUT2D eigenvalue weighted by Gasteiger charge is -2.15. The fourth-order valence-corrected chi connectivity index (χ4v) is 3.58. The number of methoxy groups -OCH3 is 1. The lowest BCUT2D eigenvalue weighted by molar-refractivity contribution is 0.0870. The Hall–Kier alpha value is -3.00. The van der Waals surface area contributed by atoms with E-state index in [1.54, 1.807) is 12.3 Å². The molecule has 0 fully saturated rings. The van der Waals surface area contributed by atoms with Crippen LogP contribution in [-0.2, 0) is 6.54 Å². The fourth-order valence-electron chi connectivity index (χ4n) is 3.28. The molecule has 0 amide bonds. The molecule has 166 valence electrons. The predicted octanol–water partition coefficient (Wildman–Crippen LogP) is 4.23. The van der Waals surface area contributed by atoms with Crippen LogP contribution < -0.4 is 15.2 Å². The third-order valence-corrected chi connectivity index (χ3v) is 5.71. The molecular formula is C23H21Cl2N3O4. The summed E-state index contributed by atoms with van der Waals surface area (Å²) in [5.41, 5.74) is 3.20. The summed E-state index contributed by atoms with van der Waals surface area (Å²) < 4.78 is 13.5. The maximum atomic E-state index is 12.8. The Balaban J connectivity index is 1.50. The van der Waals surface area contributed by atoms with Gasteiger partial charge >= 0.3 is 5.69 Å². The van der Waals surface area contributed by atoms with Crippen LogP contribution in [0.1, 0.15) is 5.56 Å². The van der Waals surface area contributed by atoms with E-state index in [-0.39, 0.29) is 18.8 Å². The molecule has 1 atom stereocenters. The van der Waals surface area contributed by atoms with Gasteiger partial charge in [0.2, 0.25) is 0 Å². The van der Waals surface area contributed by atoms with Crippen LogP contribution in [0.2, 0.25) is 10.0 Å². The lowest BCUT2D eigenvalue weighted by atomic mass is 10.1. The second kappa shape index (κ2) is 9.24. The van der Waals surface area contributed by atoms with Crippen LogP contribution in [0, 0.1) is 6.92 Å². The van der Waals surface area contributed by atoms with Gasteiger partial charge in [-0.3, -0.25) is 0 Å². The Morgan fingerprint density at radius 1 is 1.03 bits per heavy atom. The quantitative estimate of drug-likeness (QED) is 0.434. The summed E-state index contributed by atoms with van der Waals surface area (Å²) in [7, 11) is 1.48. The Morgan fingerprint density at radius 2 is 1.69 bits per heavy atom. The first-order valence-corrected chi connectivity index (χ1v) is 10.6. The minimum absolute atomic E-state index is 0.0377. The molecule has 4 aromatic rings. The molecule has 2 aromatic carbocycles. The van der Waals surface area contributed by atoms with Crippen molar-refractivity contribution in [2.45, 2.75) is 19.6 Å². The van der Waals surface area contributed by atoms with Crippen molar-refractivity contribution in [3.8, 4) is 22.6 Å². The number of aryl methyl sites for hydroxylation is 1. The highest BCUT2D eigenvalue weighted by Crippen LogP contribution is 2.35. The van der Waals surface area contributed by atoms with E-state index in [0.29, 0.717) is 27.2 Å². The molecule has 1 unspecified atom stereocenters. The smallest absolute Gasteiger partial charge is 0.350 e. The van der Waals surface area contributed by atoms with Crippen LogP contribution in [0.5, 0.6) is 11.5 Å². The molecular weight excluding hydrogens is 453 g/mol. The zero-order valence-corrected chi connectivity index (χ0v) is 19.0. The summed E-state index contributed by atoms with van der Waals surface area (Å²) in [4.78, 5) is 12.8. The Kier molecular flexibility index (Phi) is 6.41. The summed E-state index contributed by atoms with van der Waals surface area (Å²) in [6, 6.07) is 14.8. The van der Waals surface area contributed by atoms with Crippen molar-refractivity contribution in [1.29, 1.82) is 0 Å². The van der Waals surface area contributed by atoms with Crippen LogP contribution in [0.15, 0.2) is 59.5 Å². The molecule has 32 heavy (non-hydrogen) atoms. The standard InChI is InChI=1S/C23H21Cl2N3O4/c1-14-3-5-15(6-4-14)16-7-8-22-26-28(23(30)27(22)11-16)12-17(29)13-32-21-10-19(25)18(24)9-20(21)31-2/h3-11,17,29H,12-13H2,1-2H3. The van der Waals surface area contributed by atoms with Crippen molar-refractivity contribution < 1.29 is 14.6 Å². The van der Waals surface area contributed by atoms with E-state index in [0.717, 1.165) is 16.7 Å². The van der Waals surface area contributed by atoms with E-state index in [4.69, 9.17) is 32.7 Å². The van der Waals surface area contributed by atoms with Crippen molar-refractivity contribution in [2.24, 2.45) is 0 Å². The zero-order valence-electron chi connectivity index (χ0n) is 17.5. The van der Waals surface area contributed by atoms with Crippen molar-refractivity contribution in [3.05, 3.63) is 80.8 Å². The monoisotopic (exact) mass is 473 g/mol. The molecule has 2 aromatic heterocycles. The van der Waals surface area contributed by atoms with Crippen LogP contribution in [0.3, 0.4) is 0 Å². The molecule has 0 radical (unpaired) electrons. The van der Waals surface area contributed by atoms with Gasteiger partial charge in [-0.25, -0.2) is 13.9 Å². The van der Waals surface area contributed by atoms with Gasteiger partial charge in [-0.15, -0.1) is 5.10 Å². The predicted molar refractivity (Wildman–Crippen MR) is 124 cm³/mol. The Morgan fingerprint density at radius 3 is 2.38 bits per heavy atom. The highest BCUT2D eigenvalue weighted by molar-refractivity contribution is 6.42. The van der Waals surface area contributed by atoms with Gasteiger partial charge < -0.3 is 14.6 Å². The number of hydrogen-bond acceptors (Lipinski definition) is 5. The summed E-state index contributed by atoms with van der Waals surface area (Å²) >= 11 is 12.0. The number of benzene rings is 2. The third-order valence-electron chi connectivity index (χ3n) is 4.98. The van der Waals surface area contributed by atoms with Crippen LogP contribution >= 0.6 is 23.2 Å². The number of aliphatic hydroxyl groups excluding tert-OH is 1. The highest BCUT2D eigenvalue weighted by Gasteiger charge is 2.15. The number of fused-ring (bicyclic) bond motifs is 1. The molecule has 2 heterocycles. The molecule has 0 saturated carbocycles. The second-order valence-electron chi connectivity index (χ2n) is 7.36. The summed E-state index contributed by atoms with van der Waals surface area (Å²) in [5, 5.41) is 15.4. The number of aromatic nitrogens is 3. The van der Waals surface area contributed by atoms with Crippen molar-refractivity contribution in [1.82, 2.24) is 14.2 Å². The number of halogens is 2. The van der Waals surface area contributed by atoms with Gasteiger partial charge in [0.1, 0.15) is 12.7 Å². The summed E-state index contributed by atoms with van der Waals surface area (Å²) in [6.45, 7) is 1.89. The first-order valence-electron chi connectivity index (χ1n) is 9.86. The van der Waals surface area contributed by atoms with E-state index in [1.165, 1.54) is 28.3 Å². The Bertz CT molecular complexity index is 1320. The van der Waals surface area contributed by atoms with Crippen molar-refractivity contribution >= 4 is 28.8 Å². The molecule has 0 aliphatic carbocycles. The number of nitrogens with zero attached hydrogens (tertiary/aromatic N) is 3. The highest BCUT2D eigenvalue weighted by atomic mass is 35.5. The van der Waals surface area contributed by atoms with Crippen molar-refractivity contribution in [2.75, 3.05) is 13.7 Å². The van der Waals surface area contributed by atoms with Gasteiger partial charge in [0.25, 0.3) is 0 Å². The molecule has 0 aliphatic rings. The van der Waals surface area contributed by atoms with E-state index in [2.05, 4.69) is 5.10 Å². The third kappa shape index (κ3) is 4.60. The summed E-state index contributed by atoms with van der Waals surface area (Å²) in [6.07, 6.45) is 0.753. The molecule has 1 N–H and O–H groups in total. The molecule has 0 saturated heterocycles. The molecule has 0 aliphatic heterocycles. The maximum Gasteiger partial charge on any atom is 0.350 e. The van der Waals surface area contributed by atoms with Crippen LogP contribution in [0.4, 0.5) is 0 Å².